The van der Waals surface area contributed by atoms with E-state index in [1.165, 1.54) is 36.8 Å². The molecule has 0 bridgehead atoms. The Morgan fingerprint density at radius 3 is 2.83 bits per heavy atom. The molecule has 3 aliphatic rings. The fourth-order valence-electron chi connectivity index (χ4n) is 5.46. The molecule has 0 spiro atoms. The Morgan fingerprint density at radius 1 is 1.13 bits per heavy atom. The number of nitrogens with zero attached hydrogens (tertiary/aromatic N) is 1. The quantitative estimate of drug-likeness (QED) is 0.697. The monoisotopic (exact) mass is 429 g/mol. The number of thiazole rings is 1. The number of benzene rings is 1. The van der Waals surface area contributed by atoms with Gasteiger partial charge in [0.1, 0.15) is 16.9 Å². The summed E-state index contributed by atoms with van der Waals surface area (Å²) in [6.45, 7) is 0.511. The van der Waals surface area contributed by atoms with Gasteiger partial charge in [-0.15, -0.1) is 11.3 Å². The van der Waals surface area contributed by atoms with Crippen molar-refractivity contribution in [2.24, 2.45) is 11.8 Å². The summed E-state index contributed by atoms with van der Waals surface area (Å²) in [4.78, 5) is 4.48. The van der Waals surface area contributed by atoms with Crippen LogP contribution in [-0.2, 0) is 24.2 Å². The number of aryl methyl sites for hydroxylation is 2. The molecule has 2 aliphatic carbocycles. The van der Waals surface area contributed by atoms with Crippen LogP contribution in [0.2, 0.25) is 0 Å². The number of hydrogen-bond donors (Lipinski definition) is 2. The summed E-state index contributed by atoms with van der Waals surface area (Å²) in [5.41, 5.74) is 3.61. The van der Waals surface area contributed by atoms with Gasteiger partial charge in [-0.25, -0.2) is 4.98 Å². The van der Waals surface area contributed by atoms with E-state index in [1.807, 2.05) is 5.38 Å². The maximum atomic E-state index is 10.7. The van der Waals surface area contributed by atoms with Crippen molar-refractivity contribution in [2.75, 3.05) is 6.61 Å². The van der Waals surface area contributed by atoms with Crippen molar-refractivity contribution in [2.45, 2.75) is 76.3 Å². The summed E-state index contributed by atoms with van der Waals surface area (Å²) in [5.74, 6) is 1.37. The van der Waals surface area contributed by atoms with Gasteiger partial charge >= 0.3 is 0 Å². The van der Waals surface area contributed by atoms with Crippen LogP contribution in [0.15, 0.2) is 23.6 Å². The summed E-state index contributed by atoms with van der Waals surface area (Å²) in [5, 5.41) is 22.8. The van der Waals surface area contributed by atoms with Crippen LogP contribution in [0.4, 0.5) is 0 Å². The lowest BCUT2D eigenvalue weighted by molar-refractivity contribution is -0.0812. The molecule has 1 aromatic heterocycles. The van der Waals surface area contributed by atoms with Crippen molar-refractivity contribution < 1.29 is 19.7 Å². The minimum atomic E-state index is -0.385. The Bertz CT molecular complexity index is 869. The first-order valence-electron chi connectivity index (χ1n) is 11.3. The summed E-state index contributed by atoms with van der Waals surface area (Å²) in [6.07, 6.45) is 8.42. The van der Waals surface area contributed by atoms with Crippen molar-refractivity contribution in [3.8, 4) is 5.75 Å². The second-order valence-electron chi connectivity index (χ2n) is 9.01. The molecular weight excluding hydrogens is 398 g/mol. The van der Waals surface area contributed by atoms with E-state index in [0.29, 0.717) is 24.6 Å². The number of aliphatic hydroxyl groups is 2. The zero-order valence-electron chi connectivity index (χ0n) is 17.3. The van der Waals surface area contributed by atoms with Gasteiger partial charge in [0.05, 0.1) is 31.1 Å². The first kappa shape index (κ1) is 20.4. The van der Waals surface area contributed by atoms with Crippen LogP contribution in [0.3, 0.4) is 0 Å². The predicted octanol–water partition coefficient (Wildman–Crippen LogP) is 4.20. The molecule has 2 heterocycles. The first-order valence-corrected chi connectivity index (χ1v) is 12.2. The van der Waals surface area contributed by atoms with Crippen LogP contribution in [-0.4, -0.2) is 34.0 Å². The maximum Gasteiger partial charge on any atom is 0.122 e. The molecule has 162 valence electrons. The van der Waals surface area contributed by atoms with Gasteiger partial charge in [0.15, 0.2) is 0 Å². The molecule has 5 nitrogen and oxygen atoms in total. The molecule has 2 aromatic rings. The maximum absolute atomic E-state index is 10.7. The smallest absolute Gasteiger partial charge is 0.122 e. The molecule has 2 fully saturated rings. The van der Waals surface area contributed by atoms with Gasteiger partial charge in [0.2, 0.25) is 0 Å². The molecule has 1 saturated heterocycles. The van der Waals surface area contributed by atoms with E-state index in [4.69, 9.17) is 9.47 Å². The van der Waals surface area contributed by atoms with E-state index in [-0.39, 0.29) is 30.8 Å². The number of hydrogen-bond acceptors (Lipinski definition) is 6. The Morgan fingerprint density at radius 2 is 2.00 bits per heavy atom. The summed E-state index contributed by atoms with van der Waals surface area (Å²) in [6, 6.07) is 6.54. The molecular formula is C24H31NO4S. The van der Waals surface area contributed by atoms with Gasteiger partial charge < -0.3 is 19.7 Å². The lowest BCUT2D eigenvalue weighted by Gasteiger charge is -2.33. The molecule has 1 aromatic carbocycles. The second kappa shape index (κ2) is 8.95. The van der Waals surface area contributed by atoms with E-state index in [0.717, 1.165) is 30.0 Å². The van der Waals surface area contributed by atoms with Gasteiger partial charge in [-0.3, -0.25) is 0 Å². The fraction of sp³-hybridized carbons (Fsp3) is 0.625. The Hall–Kier alpha value is -1.47. The molecule has 1 aliphatic heterocycles. The van der Waals surface area contributed by atoms with Gasteiger partial charge in [0, 0.05) is 17.7 Å². The molecule has 30 heavy (non-hydrogen) atoms. The highest BCUT2D eigenvalue weighted by molar-refractivity contribution is 7.09. The first-order chi connectivity index (χ1) is 14.7. The summed E-state index contributed by atoms with van der Waals surface area (Å²) in [7, 11) is 0. The standard InChI is InChI=1S/C24H31NO4S/c26-12-17-14-30-24(25-17)22-9-8-19-20(21(27)11-23(19)29-22)13-28-18-7-6-15-4-2-1-3-5-16(15)10-18/h6-7,10,14,19-23,26-27H,1-5,8-9,11-13H2/t19-,20-,21+,22-,23+/m1/s1. The lowest BCUT2D eigenvalue weighted by atomic mass is 9.87. The topological polar surface area (TPSA) is 71.8 Å². The van der Waals surface area contributed by atoms with Gasteiger partial charge in [-0.05, 0) is 67.7 Å². The molecule has 5 atom stereocenters. The van der Waals surface area contributed by atoms with Crippen molar-refractivity contribution in [1.82, 2.24) is 4.98 Å². The highest BCUT2D eigenvalue weighted by Crippen LogP contribution is 2.46. The predicted molar refractivity (Wildman–Crippen MR) is 116 cm³/mol. The van der Waals surface area contributed by atoms with Crippen LogP contribution in [0.5, 0.6) is 5.75 Å². The molecule has 0 unspecified atom stereocenters. The number of ether oxygens (including phenoxy) is 2. The third-order valence-electron chi connectivity index (χ3n) is 7.12. The van der Waals surface area contributed by atoms with Crippen LogP contribution >= 0.6 is 11.3 Å². The van der Waals surface area contributed by atoms with Crippen LogP contribution in [0.25, 0.3) is 0 Å². The van der Waals surface area contributed by atoms with Crippen LogP contribution in [0, 0.1) is 11.8 Å². The SMILES string of the molecule is OCc1csc([C@H]2CC[C@@H]3[C@@H](COc4ccc5c(c4)CCCCC5)[C@@H](O)C[C@@H]3O2)n1. The zero-order chi connectivity index (χ0) is 20.5. The molecule has 0 radical (unpaired) electrons. The van der Waals surface area contributed by atoms with Crippen LogP contribution in [0.1, 0.15) is 66.5 Å². The molecule has 5 rings (SSSR count). The number of aromatic nitrogens is 1. The van der Waals surface area contributed by atoms with E-state index >= 15 is 0 Å². The number of aliphatic hydroxyl groups excluding tert-OH is 2. The van der Waals surface area contributed by atoms with Crippen molar-refractivity contribution >= 4 is 11.3 Å². The van der Waals surface area contributed by atoms with Crippen molar-refractivity contribution in [3.63, 3.8) is 0 Å². The Balaban J connectivity index is 1.21. The molecule has 0 amide bonds. The minimum Gasteiger partial charge on any atom is -0.493 e. The average Bonchev–Trinajstić information content (AvgIpc) is 3.28. The largest absolute Gasteiger partial charge is 0.493 e. The summed E-state index contributed by atoms with van der Waals surface area (Å²) < 4.78 is 12.5. The van der Waals surface area contributed by atoms with Gasteiger partial charge in [-0.1, -0.05) is 12.5 Å². The Labute approximate surface area is 182 Å². The van der Waals surface area contributed by atoms with E-state index < -0.39 is 0 Å². The van der Waals surface area contributed by atoms with Gasteiger partial charge in [0.25, 0.3) is 0 Å². The normalized spacial score (nSPS) is 31.1. The zero-order valence-corrected chi connectivity index (χ0v) is 18.2. The molecule has 2 N–H and O–H groups in total. The second-order valence-corrected chi connectivity index (χ2v) is 9.90. The van der Waals surface area contributed by atoms with Crippen LogP contribution < -0.4 is 4.74 Å². The van der Waals surface area contributed by atoms with E-state index in [9.17, 15) is 10.2 Å². The number of fused-ring (bicyclic) bond motifs is 2. The van der Waals surface area contributed by atoms with E-state index in [1.54, 1.807) is 11.3 Å². The van der Waals surface area contributed by atoms with Gasteiger partial charge in [-0.2, -0.15) is 0 Å². The average molecular weight is 430 g/mol. The minimum absolute atomic E-state index is 0.0204. The third-order valence-corrected chi connectivity index (χ3v) is 8.10. The van der Waals surface area contributed by atoms with Crippen molar-refractivity contribution in [3.05, 3.63) is 45.4 Å². The Kier molecular flexibility index (Phi) is 6.10. The number of rotatable bonds is 5. The fourth-order valence-corrected chi connectivity index (χ4v) is 6.34. The highest BCUT2D eigenvalue weighted by Gasteiger charge is 2.47. The highest BCUT2D eigenvalue weighted by atomic mass is 32.1. The molecule has 1 saturated carbocycles. The third kappa shape index (κ3) is 4.15. The lowest BCUT2D eigenvalue weighted by Crippen LogP contribution is -2.33. The van der Waals surface area contributed by atoms with E-state index in [2.05, 4.69) is 23.2 Å². The summed E-state index contributed by atoms with van der Waals surface area (Å²) >= 11 is 1.55. The van der Waals surface area contributed by atoms with Crippen molar-refractivity contribution in [1.29, 1.82) is 0 Å². The molecule has 6 heteroatoms.